The number of hydrogen-bond donors (Lipinski definition) is 1. The second-order valence-corrected chi connectivity index (χ2v) is 5.62. The standard InChI is InChI=1S/C17H27NO2/c1-19-11-10-18-13-17(14-6-3-4-7-14)15-8-5-9-16(12-15)20-2/h5,8-9,12,14,17-18H,3-4,6-7,10-11,13H2,1-2H3. The molecule has 0 aliphatic heterocycles. The fraction of sp³-hybridized carbons (Fsp3) is 0.647. The maximum Gasteiger partial charge on any atom is 0.119 e. The molecule has 0 spiro atoms. The lowest BCUT2D eigenvalue weighted by atomic mass is 9.84. The maximum atomic E-state index is 5.37. The third-order valence-corrected chi connectivity index (χ3v) is 4.34. The Kier molecular flexibility index (Phi) is 6.34. The first-order valence-electron chi connectivity index (χ1n) is 7.68. The molecule has 0 amide bonds. The van der Waals surface area contributed by atoms with Crippen LogP contribution in [0.15, 0.2) is 24.3 Å². The van der Waals surface area contributed by atoms with Gasteiger partial charge in [-0.2, -0.15) is 0 Å². The van der Waals surface area contributed by atoms with Gasteiger partial charge in [-0.25, -0.2) is 0 Å². The summed E-state index contributed by atoms with van der Waals surface area (Å²) in [4.78, 5) is 0. The van der Waals surface area contributed by atoms with Gasteiger partial charge in [0.15, 0.2) is 0 Å². The van der Waals surface area contributed by atoms with Gasteiger partial charge in [0.25, 0.3) is 0 Å². The van der Waals surface area contributed by atoms with Crippen LogP contribution in [0.4, 0.5) is 0 Å². The fourth-order valence-corrected chi connectivity index (χ4v) is 3.22. The Balaban J connectivity index is 2.03. The highest BCUT2D eigenvalue weighted by atomic mass is 16.5. The molecule has 1 unspecified atom stereocenters. The first kappa shape index (κ1) is 15.3. The lowest BCUT2D eigenvalue weighted by Crippen LogP contribution is -2.28. The van der Waals surface area contributed by atoms with Crippen molar-refractivity contribution in [2.75, 3.05) is 33.9 Å². The summed E-state index contributed by atoms with van der Waals surface area (Å²) in [7, 11) is 3.48. The van der Waals surface area contributed by atoms with Crippen molar-refractivity contribution in [2.45, 2.75) is 31.6 Å². The predicted molar refractivity (Wildman–Crippen MR) is 82.4 cm³/mol. The summed E-state index contributed by atoms with van der Waals surface area (Å²) in [6, 6.07) is 8.56. The van der Waals surface area contributed by atoms with Crippen LogP contribution >= 0.6 is 0 Å². The number of hydrogen-bond acceptors (Lipinski definition) is 3. The van der Waals surface area contributed by atoms with Crippen molar-refractivity contribution in [2.24, 2.45) is 5.92 Å². The highest BCUT2D eigenvalue weighted by Crippen LogP contribution is 2.37. The number of nitrogens with one attached hydrogen (secondary N) is 1. The molecule has 0 radical (unpaired) electrons. The van der Waals surface area contributed by atoms with Gasteiger partial charge in [-0.05, 0) is 42.4 Å². The molecule has 1 fully saturated rings. The third kappa shape index (κ3) is 4.22. The largest absolute Gasteiger partial charge is 0.497 e. The minimum Gasteiger partial charge on any atom is -0.497 e. The van der Waals surface area contributed by atoms with Crippen molar-refractivity contribution < 1.29 is 9.47 Å². The van der Waals surface area contributed by atoms with E-state index in [1.54, 1.807) is 14.2 Å². The zero-order valence-corrected chi connectivity index (χ0v) is 12.7. The second-order valence-electron chi connectivity index (χ2n) is 5.62. The topological polar surface area (TPSA) is 30.5 Å². The monoisotopic (exact) mass is 277 g/mol. The molecule has 112 valence electrons. The number of methoxy groups -OCH3 is 2. The van der Waals surface area contributed by atoms with Crippen LogP contribution in [0.25, 0.3) is 0 Å². The van der Waals surface area contributed by atoms with Crippen molar-refractivity contribution in [1.82, 2.24) is 5.32 Å². The molecule has 1 N–H and O–H groups in total. The van der Waals surface area contributed by atoms with Crippen molar-refractivity contribution in [1.29, 1.82) is 0 Å². The van der Waals surface area contributed by atoms with Crippen LogP contribution in [0.3, 0.4) is 0 Å². The molecule has 1 aliphatic carbocycles. The van der Waals surface area contributed by atoms with Crippen LogP contribution in [-0.4, -0.2) is 33.9 Å². The normalized spacial score (nSPS) is 17.3. The fourth-order valence-electron chi connectivity index (χ4n) is 3.22. The summed E-state index contributed by atoms with van der Waals surface area (Å²) in [5.74, 6) is 2.35. The minimum atomic E-state index is 0.587. The van der Waals surface area contributed by atoms with E-state index >= 15 is 0 Å². The second kappa shape index (κ2) is 8.28. The lowest BCUT2D eigenvalue weighted by Gasteiger charge is -2.25. The molecular weight excluding hydrogens is 250 g/mol. The average Bonchev–Trinajstić information content (AvgIpc) is 3.01. The van der Waals surface area contributed by atoms with Gasteiger partial charge >= 0.3 is 0 Å². The SMILES string of the molecule is COCCNCC(c1cccc(OC)c1)C1CCCC1. The summed E-state index contributed by atoms with van der Waals surface area (Å²) in [6.07, 6.45) is 5.47. The molecule has 1 aromatic rings. The van der Waals surface area contributed by atoms with E-state index in [-0.39, 0.29) is 0 Å². The Labute approximate surface area is 122 Å². The van der Waals surface area contributed by atoms with Crippen LogP contribution in [0.1, 0.15) is 37.2 Å². The van der Waals surface area contributed by atoms with Gasteiger partial charge in [0.1, 0.15) is 5.75 Å². The van der Waals surface area contributed by atoms with Gasteiger partial charge in [0.05, 0.1) is 13.7 Å². The van der Waals surface area contributed by atoms with Crippen LogP contribution in [0, 0.1) is 5.92 Å². The van der Waals surface area contributed by atoms with Crippen LogP contribution < -0.4 is 10.1 Å². The number of benzene rings is 1. The van der Waals surface area contributed by atoms with Gasteiger partial charge < -0.3 is 14.8 Å². The Bertz CT molecular complexity index is 388. The minimum absolute atomic E-state index is 0.587. The summed E-state index contributed by atoms with van der Waals surface area (Å²) in [5.41, 5.74) is 1.40. The maximum absolute atomic E-state index is 5.37. The molecule has 0 saturated heterocycles. The quantitative estimate of drug-likeness (QED) is 0.740. The Morgan fingerprint density at radius 2 is 2.05 bits per heavy atom. The van der Waals surface area contributed by atoms with E-state index in [1.165, 1.54) is 31.2 Å². The highest BCUT2D eigenvalue weighted by molar-refractivity contribution is 5.31. The van der Waals surface area contributed by atoms with E-state index in [1.807, 2.05) is 6.07 Å². The number of rotatable bonds is 8. The molecule has 0 bridgehead atoms. The smallest absolute Gasteiger partial charge is 0.119 e. The lowest BCUT2D eigenvalue weighted by molar-refractivity contribution is 0.198. The summed E-state index contributed by atoms with van der Waals surface area (Å²) in [6.45, 7) is 2.72. The Hall–Kier alpha value is -1.06. The highest BCUT2D eigenvalue weighted by Gasteiger charge is 2.26. The average molecular weight is 277 g/mol. The molecule has 1 aliphatic rings. The summed E-state index contributed by atoms with van der Waals surface area (Å²) >= 11 is 0. The molecule has 1 aromatic carbocycles. The molecule has 0 heterocycles. The predicted octanol–water partition coefficient (Wildman–Crippen LogP) is 3.21. The first-order chi connectivity index (χ1) is 9.85. The molecule has 2 rings (SSSR count). The van der Waals surface area contributed by atoms with E-state index in [0.29, 0.717) is 5.92 Å². The van der Waals surface area contributed by atoms with Gasteiger partial charge in [-0.15, -0.1) is 0 Å². The van der Waals surface area contributed by atoms with Crippen molar-refractivity contribution in [3.05, 3.63) is 29.8 Å². The van der Waals surface area contributed by atoms with E-state index in [0.717, 1.165) is 31.4 Å². The van der Waals surface area contributed by atoms with Gasteiger partial charge in [0, 0.05) is 20.2 Å². The van der Waals surface area contributed by atoms with Gasteiger partial charge in [0.2, 0.25) is 0 Å². The first-order valence-corrected chi connectivity index (χ1v) is 7.68. The van der Waals surface area contributed by atoms with E-state index < -0.39 is 0 Å². The zero-order valence-electron chi connectivity index (χ0n) is 12.7. The van der Waals surface area contributed by atoms with Crippen LogP contribution in [0.5, 0.6) is 5.75 Å². The molecule has 1 atom stereocenters. The summed E-state index contributed by atoms with van der Waals surface area (Å²) in [5, 5.41) is 3.53. The van der Waals surface area contributed by atoms with Crippen LogP contribution in [-0.2, 0) is 4.74 Å². The molecule has 3 nitrogen and oxygen atoms in total. The Morgan fingerprint density at radius 1 is 1.25 bits per heavy atom. The zero-order chi connectivity index (χ0) is 14.2. The molecule has 3 heteroatoms. The molecule has 20 heavy (non-hydrogen) atoms. The molecule has 1 saturated carbocycles. The van der Waals surface area contributed by atoms with Gasteiger partial charge in [-0.3, -0.25) is 0 Å². The Morgan fingerprint density at radius 3 is 2.75 bits per heavy atom. The van der Waals surface area contributed by atoms with Crippen molar-refractivity contribution in [3.8, 4) is 5.75 Å². The van der Waals surface area contributed by atoms with E-state index in [2.05, 4.69) is 23.5 Å². The van der Waals surface area contributed by atoms with E-state index in [9.17, 15) is 0 Å². The molecular formula is C17H27NO2. The van der Waals surface area contributed by atoms with Gasteiger partial charge in [-0.1, -0.05) is 25.0 Å². The third-order valence-electron chi connectivity index (χ3n) is 4.34. The van der Waals surface area contributed by atoms with Crippen molar-refractivity contribution >= 4 is 0 Å². The summed E-state index contributed by atoms with van der Waals surface area (Å²) < 4.78 is 10.5. The molecule has 0 aromatic heterocycles. The van der Waals surface area contributed by atoms with Crippen molar-refractivity contribution in [3.63, 3.8) is 0 Å². The van der Waals surface area contributed by atoms with Crippen LogP contribution in [0.2, 0.25) is 0 Å². The number of ether oxygens (including phenoxy) is 2. The van der Waals surface area contributed by atoms with E-state index in [4.69, 9.17) is 9.47 Å².